The van der Waals surface area contributed by atoms with Crippen LogP contribution in [0.2, 0.25) is 0 Å². The maximum Gasteiger partial charge on any atom is 0.152 e. The first-order valence-corrected chi connectivity index (χ1v) is 5.32. The van der Waals surface area contributed by atoms with E-state index in [1.807, 2.05) is 24.3 Å². The third-order valence-corrected chi connectivity index (χ3v) is 3.05. The Morgan fingerprint density at radius 2 is 1.87 bits per heavy atom. The topological polar surface area (TPSA) is 13.1 Å². The average Bonchev–Trinajstić information content (AvgIpc) is 2.64. The second-order valence-electron chi connectivity index (χ2n) is 3.33. The highest BCUT2D eigenvalue weighted by atomic mass is 79.9. The predicted molar refractivity (Wildman–Crippen MR) is 61.4 cm³/mol. The minimum absolute atomic E-state index is 0.252. The minimum atomic E-state index is -0.252. The van der Waals surface area contributed by atoms with Crippen LogP contribution in [0.25, 0.3) is 21.9 Å². The van der Waals surface area contributed by atoms with Crippen molar-refractivity contribution in [1.29, 1.82) is 0 Å². The molecule has 0 amide bonds. The summed E-state index contributed by atoms with van der Waals surface area (Å²) in [5.74, 6) is -0.252. The Morgan fingerprint density at radius 3 is 2.73 bits per heavy atom. The third-order valence-electron chi connectivity index (χ3n) is 2.43. The molecule has 3 aromatic rings. The lowest BCUT2D eigenvalue weighted by Gasteiger charge is -1.93. The van der Waals surface area contributed by atoms with Gasteiger partial charge < -0.3 is 4.42 Å². The van der Waals surface area contributed by atoms with E-state index in [0.29, 0.717) is 16.6 Å². The lowest BCUT2D eigenvalue weighted by molar-refractivity contribution is 0.633. The van der Waals surface area contributed by atoms with Gasteiger partial charge in [0.05, 0.1) is 9.86 Å². The van der Waals surface area contributed by atoms with E-state index >= 15 is 0 Å². The van der Waals surface area contributed by atoms with Crippen LogP contribution in [0.15, 0.2) is 45.3 Å². The Morgan fingerprint density at radius 1 is 1.07 bits per heavy atom. The number of para-hydroxylation sites is 1. The maximum atomic E-state index is 13.6. The first kappa shape index (κ1) is 8.92. The minimum Gasteiger partial charge on any atom is -0.455 e. The van der Waals surface area contributed by atoms with Crippen molar-refractivity contribution >= 4 is 37.9 Å². The molecule has 0 aliphatic heterocycles. The van der Waals surface area contributed by atoms with Gasteiger partial charge in [0, 0.05) is 5.39 Å². The van der Waals surface area contributed by atoms with E-state index in [9.17, 15) is 4.39 Å². The summed E-state index contributed by atoms with van der Waals surface area (Å²) in [4.78, 5) is 0. The number of hydrogen-bond donors (Lipinski definition) is 0. The van der Waals surface area contributed by atoms with Gasteiger partial charge in [-0.1, -0.05) is 18.2 Å². The van der Waals surface area contributed by atoms with E-state index in [-0.39, 0.29) is 5.82 Å². The van der Waals surface area contributed by atoms with Gasteiger partial charge >= 0.3 is 0 Å². The fourth-order valence-electron chi connectivity index (χ4n) is 1.76. The molecule has 74 valence electrons. The number of furan rings is 1. The molecule has 15 heavy (non-hydrogen) atoms. The van der Waals surface area contributed by atoms with Crippen molar-refractivity contribution in [3.63, 3.8) is 0 Å². The highest BCUT2D eigenvalue weighted by Crippen LogP contribution is 2.34. The lowest BCUT2D eigenvalue weighted by atomic mass is 10.1. The summed E-state index contributed by atoms with van der Waals surface area (Å²) in [7, 11) is 0. The van der Waals surface area contributed by atoms with E-state index in [4.69, 9.17) is 4.42 Å². The highest BCUT2D eigenvalue weighted by molar-refractivity contribution is 9.10. The Kier molecular flexibility index (Phi) is 1.83. The Balaban J connectivity index is 2.66. The summed E-state index contributed by atoms with van der Waals surface area (Å²) in [5.41, 5.74) is 1.27. The summed E-state index contributed by atoms with van der Waals surface area (Å²) in [6, 6.07) is 10.5. The van der Waals surface area contributed by atoms with Crippen molar-refractivity contribution in [3.8, 4) is 0 Å². The molecule has 1 aromatic heterocycles. The molecule has 3 rings (SSSR count). The van der Waals surface area contributed by atoms with Crippen LogP contribution < -0.4 is 0 Å². The number of halogens is 2. The summed E-state index contributed by atoms with van der Waals surface area (Å²) >= 11 is 3.35. The fourth-order valence-corrected chi connectivity index (χ4v) is 2.17. The Labute approximate surface area is 93.6 Å². The van der Waals surface area contributed by atoms with E-state index < -0.39 is 0 Å². The van der Waals surface area contributed by atoms with E-state index in [1.54, 1.807) is 6.07 Å². The maximum absolute atomic E-state index is 13.6. The van der Waals surface area contributed by atoms with Crippen molar-refractivity contribution in [3.05, 3.63) is 46.7 Å². The molecule has 0 aliphatic rings. The quantitative estimate of drug-likeness (QED) is 0.583. The second-order valence-corrected chi connectivity index (χ2v) is 4.19. The molecular formula is C12H6BrFO. The zero-order chi connectivity index (χ0) is 10.4. The van der Waals surface area contributed by atoms with Gasteiger partial charge in [0.15, 0.2) is 5.58 Å². The van der Waals surface area contributed by atoms with Crippen molar-refractivity contribution in [2.75, 3.05) is 0 Å². The molecule has 0 atom stereocenters. The normalized spacial score (nSPS) is 11.3. The molecule has 0 saturated heterocycles. The standard InChI is InChI=1S/C12H6BrFO/c13-8-5-6-9(14)11-7-3-1-2-4-10(7)15-12(8)11/h1-6H. The number of fused-ring (bicyclic) bond motifs is 3. The zero-order valence-corrected chi connectivity index (χ0v) is 9.21. The molecule has 0 radical (unpaired) electrons. The van der Waals surface area contributed by atoms with Crippen molar-refractivity contribution in [1.82, 2.24) is 0 Å². The van der Waals surface area contributed by atoms with E-state index in [0.717, 1.165) is 9.86 Å². The predicted octanol–water partition coefficient (Wildman–Crippen LogP) is 4.49. The average molecular weight is 265 g/mol. The van der Waals surface area contributed by atoms with E-state index in [1.165, 1.54) is 6.07 Å². The van der Waals surface area contributed by atoms with Crippen LogP contribution in [0.1, 0.15) is 0 Å². The highest BCUT2D eigenvalue weighted by Gasteiger charge is 2.12. The molecule has 0 bridgehead atoms. The molecule has 0 fully saturated rings. The van der Waals surface area contributed by atoms with Crippen LogP contribution in [-0.4, -0.2) is 0 Å². The smallest absolute Gasteiger partial charge is 0.152 e. The second kappa shape index (κ2) is 3.07. The van der Waals surface area contributed by atoms with Crippen LogP contribution in [0.3, 0.4) is 0 Å². The van der Waals surface area contributed by atoms with Gasteiger partial charge in [0.1, 0.15) is 11.4 Å². The van der Waals surface area contributed by atoms with Crippen molar-refractivity contribution < 1.29 is 8.81 Å². The SMILES string of the molecule is Fc1ccc(Br)c2oc3ccccc3c12. The molecule has 1 heterocycles. The van der Waals surface area contributed by atoms with Crippen molar-refractivity contribution in [2.45, 2.75) is 0 Å². The molecule has 0 saturated carbocycles. The Hall–Kier alpha value is -1.35. The van der Waals surface area contributed by atoms with Gasteiger partial charge in [-0.25, -0.2) is 4.39 Å². The van der Waals surface area contributed by atoms with Gasteiger partial charge in [0.25, 0.3) is 0 Å². The van der Waals surface area contributed by atoms with Crippen molar-refractivity contribution in [2.24, 2.45) is 0 Å². The number of benzene rings is 2. The van der Waals surface area contributed by atoms with Gasteiger partial charge in [0.2, 0.25) is 0 Å². The summed E-state index contributed by atoms with van der Waals surface area (Å²) in [5, 5.41) is 1.35. The van der Waals surface area contributed by atoms with Gasteiger partial charge in [-0.15, -0.1) is 0 Å². The van der Waals surface area contributed by atoms with Crippen LogP contribution in [0.4, 0.5) is 4.39 Å². The summed E-state index contributed by atoms with van der Waals surface area (Å²) in [6.45, 7) is 0. The van der Waals surface area contributed by atoms with E-state index in [2.05, 4.69) is 15.9 Å². The fraction of sp³-hybridized carbons (Fsp3) is 0. The molecule has 0 aliphatic carbocycles. The van der Waals surface area contributed by atoms with Gasteiger partial charge in [-0.2, -0.15) is 0 Å². The van der Waals surface area contributed by atoms with Gasteiger partial charge in [-0.05, 0) is 34.1 Å². The Bertz CT molecular complexity index is 657. The van der Waals surface area contributed by atoms with Crippen LogP contribution in [-0.2, 0) is 0 Å². The molecule has 2 aromatic carbocycles. The summed E-state index contributed by atoms with van der Waals surface area (Å²) < 4.78 is 20.0. The van der Waals surface area contributed by atoms with Crippen LogP contribution >= 0.6 is 15.9 Å². The largest absolute Gasteiger partial charge is 0.455 e. The molecule has 0 unspecified atom stereocenters. The molecule has 0 N–H and O–H groups in total. The monoisotopic (exact) mass is 264 g/mol. The number of rotatable bonds is 0. The van der Waals surface area contributed by atoms with Crippen LogP contribution in [0.5, 0.6) is 0 Å². The van der Waals surface area contributed by atoms with Gasteiger partial charge in [-0.3, -0.25) is 0 Å². The molecule has 1 nitrogen and oxygen atoms in total. The first-order chi connectivity index (χ1) is 7.27. The molecule has 0 spiro atoms. The molecule has 3 heteroatoms. The lowest BCUT2D eigenvalue weighted by Crippen LogP contribution is -1.75. The molecular weight excluding hydrogens is 259 g/mol. The van der Waals surface area contributed by atoms with Crippen LogP contribution in [0, 0.1) is 5.82 Å². The number of hydrogen-bond acceptors (Lipinski definition) is 1. The zero-order valence-electron chi connectivity index (χ0n) is 7.63. The third kappa shape index (κ3) is 1.20. The summed E-state index contributed by atoms with van der Waals surface area (Å²) in [6.07, 6.45) is 0. The first-order valence-electron chi connectivity index (χ1n) is 4.52.